The summed E-state index contributed by atoms with van der Waals surface area (Å²) in [6.45, 7) is 0.757. The Bertz CT molecular complexity index is 233. The van der Waals surface area contributed by atoms with Gasteiger partial charge in [0, 0.05) is 7.11 Å². The molecule has 0 aliphatic rings. The maximum Gasteiger partial charge on any atom is 0.119 e. The van der Waals surface area contributed by atoms with Crippen LogP contribution in [0.25, 0.3) is 0 Å². The van der Waals surface area contributed by atoms with E-state index < -0.39 is 0 Å². The molecule has 0 N–H and O–H groups in total. The molecular weight excluding hydrogens is 152 g/mol. The maximum atomic E-state index is 5.09. The van der Waals surface area contributed by atoms with Crippen molar-refractivity contribution in [3.8, 4) is 5.75 Å². The predicted molar refractivity (Wildman–Crippen MR) is 48.6 cm³/mol. The summed E-state index contributed by atoms with van der Waals surface area (Å²) in [7, 11) is 3.38. The highest BCUT2D eigenvalue weighted by Crippen LogP contribution is 2.12. The molecule has 2 nitrogen and oxygen atoms in total. The molecule has 0 heterocycles. The molecule has 0 spiro atoms. The van der Waals surface area contributed by atoms with Crippen LogP contribution in [-0.4, -0.2) is 20.8 Å². The minimum Gasteiger partial charge on any atom is -0.497 e. The topological polar surface area (TPSA) is 18.5 Å². The lowest BCUT2D eigenvalue weighted by Crippen LogP contribution is -1.94. The Morgan fingerprint density at radius 2 is 2.08 bits per heavy atom. The molecule has 66 valence electrons. The molecule has 1 aromatic carbocycles. The van der Waals surface area contributed by atoms with Crippen LogP contribution in [0, 0.1) is 0 Å². The average Bonchev–Trinajstić information content (AvgIpc) is 2.15. The normalized spacial score (nSPS) is 9.83. The molecule has 0 atom stereocenters. The number of hydrogen-bond donors (Lipinski definition) is 0. The molecule has 12 heavy (non-hydrogen) atoms. The minimum absolute atomic E-state index is 0.757. The van der Waals surface area contributed by atoms with Crippen LogP contribution >= 0.6 is 0 Å². The van der Waals surface area contributed by atoms with Crippen molar-refractivity contribution in [2.24, 2.45) is 0 Å². The van der Waals surface area contributed by atoms with E-state index in [1.807, 2.05) is 18.2 Å². The molecule has 0 radical (unpaired) electrons. The standard InChI is InChI=1S/C10H14O2/c1-11-7-6-9-4-3-5-10(8-9)12-2/h3-5,8H,6-7H2,1-2H3. The number of ether oxygens (including phenoxy) is 2. The molecule has 0 aromatic heterocycles. The molecule has 0 fully saturated rings. The second kappa shape index (κ2) is 4.78. The zero-order valence-corrected chi connectivity index (χ0v) is 7.54. The molecule has 0 aliphatic carbocycles. The highest BCUT2D eigenvalue weighted by Gasteiger charge is 1.94. The summed E-state index contributed by atoms with van der Waals surface area (Å²) in [5.74, 6) is 0.906. The van der Waals surface area contributed by atoms with Crippen molar-refractivity contribution in [1.82, 2.24) is 0 Å². The molecule has 0 saturated heterocycles. The smallest absolute Gasteiger partial charge is 0.119 e. The molecule has 0 bridgehead atoms. The summed E-state index contributed by atoms with van der Waals surface area (Å²) in [6.07, 6.45) is 0.938. The Morgan fingerprint density at radius 1 is 1.25 bits per heavy atom. The predicted octanol–water partition coefficient (Wildman–Crippen LogP) is 1.88. The van der Waals surface area contributed by atoms with Crippen molar-refractivity contribution in [1.29, 1.82) is 0 Å². The van der Waals surface area contributed by atoms with Crippen LogP contribution in [0.3, 0.4) is 0 Å². The summed E-state index contributed by atoms with van der Waals surface area (Å²) < 4.78 is 10.1. The summed E-state index contributed by atoms with van der Waals surface area (Å²) >= 11 is 0. The van der Waals surface area contributed by atoms with E-state index in [-0.39, 0.29) is 0 Å². The first-order chi connectivity index (χ1) is 5.86. The zero-order chi connectivity index (χ0) is 8.81. The third kappa shape index (κ3) is 2.55. The van der Waals surface area contributed by atoms with Crippen molar-refractivity contribution in [2.45, 2.75) is 6.42 Å². The summed E-state index contributed by atoms with van der Waals surface area (Å²) in [5.41, 5.74) is 1.25. The van der Waals surface area contributed by atoms with Crippen LogP contribution in [0.2, 0.25) is 0 Å². The number of hydrogen-bond acceptors (Lipinski definition) is 2. The monoisotopic (exact) mass is 166 g/mol. The first-order valence-electron chi connectivity index (χ1n) is 3.98. The van der Waals surface area contributed by atoms with Gasteiger partial charge in [-0.25, -0.2) is 0 Å². The van der Waals surface area contributed by atoms with Gasteiger partial charge in [-0.1, -0.05) is 12.1 Å². The lowest BCUT2D eigenvalue weighted by Gasteiger charge is -2.03. The van der Waals surface area contributed by atoms with Gasteiger partial charge in [-0.05, 0) is 24.1 Å². The average molecular weight is 166 g/mol. The van der Waals surface area contributed by atoms with Gasteiger partial charge in [0.2, 0.25) is 0 Å². The van der Waals surface area contributed by atoms with Crippen molar-refractivity contribution in [3.05, 3.63) is 29.8 Å². The highest BCUT2D eigenvalue weighted by atomic mass is 16.5. The molecular formula is C10H14O2. The van der Waals surface area contributed by atoms with Gasteiger partial charge in [0.1, 0.15) is 5.75 Å². The van der Waals surface area contributed by atoms with Gasteiger partial charge in [-0.15, -0.1) is 0 Å². The largest absolute Gasteiger partial charge is 0.497 e. The van der Waals surface area contributed by atoms with E-state index in [2.05, 4.69) is 6.07 Å². The molecule has 0 unspecified atom stereocenters. The van der Waals surface area contributed by atoms with Crippen LogP contribution in [-0.2, 0) is 11.2 Å². The second-order valence-electron chi connectivity index (χ2n) is 2.59. The minimum atomic E-state index is 0.757. The Labute approximate surface area is 73.1 Å². The summed E-state index contributed by atoms with van der Waals surface area (Å²) in [4.78, 5) is 0. The van der Waals surface area contributed by atoms with Crippen molar-refractivity contribution < 1.29 is 9.47 Å². The Balaban J connectivity index is 2.60. The van der Waals surface area contributed by atoms with Crippen LogP contribution in [0.1, 0.15) is 5.56 Å². The van der Waals surface area contributed by atoms with Crippen molar-refractivity contribution >= 4 is 0 Å². The van der Waals surface area contributed by atoms with E-state index in [1.54, 1.807) is 14.2 Å². The summed E-state index contributed by atoms with van der Waals surface area (Å²) in [6, 6.07) is 8.03. The molecule has 1 aromatic rings. The van der Waals surface area contributed by atoms with Crippen LogP contribution < -0.4 is 4.74 Å². The Hall–Kier alpha value is -1.02. The van der Waals surface area contributed by atoms with Gasteiger partial charge in [0.05, 0.1) is 13.7 Å². The molecule has 0 saturated carbocycles. The fourth-order valence-corrected chi connectivity index (χ4v) is 1.05. The molecule has 0 amide bonds. The van der Waals surface area contributed by atoms with E-state index >= 15 is 0 Å². The van der Waals surface area contributed by atoms with E-state index in [1.165, 1.54) is 5.56 Å². The lowest BCUT2D eigenvalue weighted by atomic mass is 10.1. The molecule has 1 rings (SSSR count). The molecule has 2 heteroatoms. The van der Waals surface area contributed by atoms with E-state index in [0.717, 1.165) is 18.8 Å². The van der Waals surface area contributed by atoms with Crippen LogP contribution in [0.5, 0.6) is 5.75 Å². The van der Waals surface area contributed by atoms with E-state index in [4.69, 9.17) is 9.47 Å². The number of methoxy groups -OCH3 is 2. The number of rotatable bonds is 4. The van der Waals surface area contributed by atoms with Gasteiger partial charge >= 0.3 is 0 Å². The van der Waals surface area contributed by atoms with Gasteiger partial charge < -0.3 is 9.47 Å². The third-order valence-electron chi connectivity index (χ3n) is 1.73. The first kappa shape index (κ1) is 9.07. The molecule has 0 aliphatic heterocycles. The van der Waals surface area contributed by atoms with E-state index in [9.17, 15) is 0 Å². The highest BCUT2D eigenvalue weighted by molar-refractivity contribution is 5.28. The number of benzene rings is 1. The Morgan fingerprint density at radius 3 is 2.75 bits per heavy atom. The lowest BCUT2D eigenvalue weighted by molar-refractivity contribution is 0.202. The van der Waals surface area contributed by atoms with E-state index in [0.29, 0.717) is 0 Å². The van der Waals surface area contributed by atoms with Crippen LogP contribution in [0.15, 0.2) is 24.3 Å². The fourth-order valence-electron chi connectivity index (χ4n) is 1.05. The van der Waals surface area contributed by atoms with Crippen molar-refractivity contribution in [3.63, 3.8) is 0 Å². The second-order valence-corrected chi connectivity index (χ2v) is 2.59. The van der Waals surface area contributed by atoms with Gasteiger partial charge in [-0.3, -0.25) is 0 Å². The fraction of sp³-hybridized carbons (Fsp3) is 0.400. The quantitative estimate of drug-likeness (QED) is 0.680. The first-order valence-corrected chi connectivity index (χ1v) is 3.98. The summed E-state index contributed by atoms with van der Waals surface area (Å²) in [5, 5.41) is 0. The SMILES string of the molecule is COCCc1cccc(OC)c1. The van der Waals surface area contributed by atoms with Gasteiger partial charge in [0.25, 0.3) is 0 Å². The van der Waals surface area contributed by atoms with Gasteiger partial charge in [-0.2, -0.15) is 0 Å². The van der Waals surface area contributed by atoms with Gasteiger partial charge in [0.15, 0.2) is 0 Å². The maximum absolute atomic E-state index is 5.09. The Kier molecular flexibility index (Phi) is 3.61. The zero-order valence-electron chi connectivity index (χ0n) is 7.54. The third-order valence-corrected chi connectivity index (χ3v) is 1.73. The van der Waals surface area contributed by atoms with Crippen molar-refractivity contribution in [2.75, 3.05) is 20.8 Å². The van der Waals surface area contributed by atoms with Crippen LogP contribution in [0.4, 0.5) is 0 Å².